The summed E-state index contributed by atoms with van der Waals surface area (Å²) in [6, 6.07) is 18.9. The number of hydrogen-bond acceptors (Lipinski definition) is 9. The predicted octanol–water partition coefficient (Wildman–Crippen LogP) is 3.50. The molecule has 34 heavy (non-hydrogen) atoms. The van der Waals surface area contributed by atoms with E-state index in [-0.39, 0.29) is 23.8 Å². The Bertz CT molecular complexity index is 1140. The van der Waals surface area contributed by atoms with Gasteiger partial charge in [-0.1, -0.05) is 72.4 Å². The fourth-order valence-corrected chi connectivity index (χ4v) is 7.59. The van der Waals surface area contributed by atoms with Crippen LogP contribution in [0.4, 0.5) is 0 Å². The molecule has 2 N–H and O–H groups in total. The summed E-state index contributed by atoms with van der Waals surface area (Å²) in [4.78, 5) is 32.5. The lowest BCUT2D eigenvalue weighted by Crippen LogP contribution is -2.72. The maximum Gasteiger partial charge on any atom is 0.316 e. The molecule has 0 bridgehead atoms. The number of aromatic nitrogens is 2. The number of thioether (sulfide) groups is 2. The second-order valence-electron chi connectivity index (χ2n) is 8.48. The molecule has 2 fully saturated rings. The van der Waals surface area contributed by atoms with Crippen molar-refractivity contribution in [2.75, 3.05) is 18.1 Å². The number of hydrogen-bond donors (Lipinski definition) is 1. The van der Waals surface area contributed by atoms with Gasteiger partial charge in [0.1, 0.15) is 22.7 Å². The lowest BCUT2D eigenvalue weighted by atomic mass is 9.89. The average molecular weight is 513 g/mol. The first-order chi connectivity index (χ1) is 16.5. The molecule has 3 heterocycles. The largest absolute Gasteiger partial charge is 0.452 e. The Morgan fingerprint density at radius 3 is 2.44 bits per heavy atom. The van der Waals surface area contributed by atoms with E-state index in [0.29, 0.717) is 17.3 Å². The fourth-order valence-electron chi connectivity index (χ4n) is 4.15. The van der Waals surface area contributed by atoms with Crippen molar-refractivity contribution in [2.24, 2.45) is 11.1 Å². The minimum atomic E-state index is -0.886. The van der Waals surface area contributed by atoms with Gasteiger partial charge >= 0.3 is 5.97 Å². The quantitative estimate of drug-likeness (QED) is 0.292. The van der Waals surface area contributed by atoms with Crippen LogP contribution >= 0.6 is 35.1 Å². The van der Waals surface area contributed by atoms with Crippen LogP contribution in [0.1, 0.15) is 23.1 Å². The molecule has 0 spiro atoms. The normalized spacial score (nSPS) is 24.0. The topological polar surface area (TPSA) is 98.4 Å². The molecular formula is C24H24N4O3S3. The lowest BCUT2D eigenvalue weighted by molar-refractivity contribution is -0.163. The molecule has 2 aromatic carbocycles. The molecule has 2 saturated heterocycles. The summed E-state index contributed by atoms with van der Waals surface area (Å²) in [5, 5.41) is -0.0822. The standard InChI is InChI=1S/C24H24N4O3S3/c1-15-26-23(34-27-15)33-14-24(12-28-20(29)18(25)21(28)32-13-24)22(30)31-19(16-8-4-2-5-9-16)17-10-6-3-7-11-17/h2-11,18-19,21H,12-14,25H2,1H3/t18?,21-,24?/m1/s1. The van der Waals surface area contributed by atoms with Gasteiger partial charge in [0.25, 0.3) is 0 Å². The van der Waals surface area contributed by atoms with E-state index in [9.17, 15) is 9.59 Å². The van der Waals surface area contributed by atoms with Crippen LogP contribution in [0.2, 0.25) is 0 Å². The van der Waals surface area contributed by atoms with Crippen molar-refractivity contribution < 1.29 is 14.3 Å². The Morgan fingerprint density at radius 2 is 1.85 bits per heavy atom. The van der Waals surface area contributed by atoms with E-state index >= 15 is 0 Å². The van der Waals surface area contributed by atoms with Crippen LogP contribution in [0.15, 0.2) is 65.0 Å². The van der Waals surface area contributed by atoms with Crippen molar-refractivity contribution in [2.45, 2.75) is 28.8 Å². The summed E-state index contributed by atoms with van der Waals surface area (Å²) in [6.45, 7) is 2.13. The molecule has 2 aliphatic heterocycles. The van der Waals surface area contributed by atoms with Crippen LogP contribution < -0.4 is 5.73 Å². The number of carbonyl (C=O) groups is 2. The van der Waals surface area contributed by atoms with Crippen LogP contribution in [0, 0.1) is 12.3 Å². The number of nitrogens with two attached hydrogens (primary N) is 1. The number of fused-ring (bicyclic) bond motifs is 1. The fraction of sp³-hybridized carbons (Fsp3) is 0.333. The number of nitrogens with zero attached hydrogens (tertiary/aromatic N) is 3. The smallest absolute Gasteiger partial charge is 0.316 e. The zero-order valence-electron chi connectivity index (χ0n) is 18.5. The Balaban J connectivity index is 1.43. The van der Waals surface area contributed by atoms with Crippen LogP contribution in [-0.4, -0.2) is 55.6 Å². The molecule has 0 saturated carbocycles. The monoisotopic (exact) mass is 512 g/mol. The third kappa shape index (κ3) is 4.47. The van der Waals surface area contributed by atoms with E-state index in [4.69, 9.17) is 10.5 Å². The van der Waals surface area contributed by atoms with E-state index in [1.807, 2.05) is 67.6 Å². The number of benzene rings is 2. The van der Waals surface area contributed by atoms with Gasteiger partial charge in [-0.05, 0) is 29.6 Å². The number of carbonyl (C=O) groups excluding carboxylic acids is 2. The zero-order chi connectivity index (χ0) is 23.7. The maximum atomic E-state index is 13.9. The van der Waals surface area contributed by atoms with Gasteiger partial charge in [0.15, 0.2) is 10.4 Å². The molecular weight excluding hydrogens is 488 g/mol. The first kappa shape index (κ1) is 23.3. The SMILES string of the molecule is Cc1nsc(SCC2(C(=O)OC(c3ccccc3)c3ccccc3)CS[C@@H]3C(N)C(=O)N3C2)n1. The van der Waals surface area contributed by atoms with E-state index in [1.54, 1.807) is 16.7 Å². The van der Waals surface area contributed by atoms with E-state index < -0.39 is 17.6 Å². The summed E-state index contributed by atoms with van der Waals surface area (Å²) < 4.78 is 11.3. The molecule has 0 aliphatic carbocycles. The molecule has 3 atom stereocenters. The average Bonchev–Trinajstić information content (AvgIpc) is 3.31. The van der Waals surface area contributed by atoms with Crippen molar-refractivity contribution in [1.82, 2.24) is 14.3 Å². The predicted molar refractivity (Wildman–Crippen MR) is 135 cm³/mol. The second-order valence-corrected chi connectivity index (χ2v) is 11.6. The highest BCUT2D eigenvalue weighted by atomic mass is 32.2. The minimum Gasteiger partial charge on any atom is -0.452 e. The van der Waals surface area contributed by atoms with E-state index in [0.717, 1.165) is 15.5 Å². The van der Waals surface area contributed by atoms with Crippen molar-refractivity contribution in [3.05, 3.63) is 77.6 Å². The summed E-state index contributed by atoms with van der Waals surface area (Å²) >= 11 is 4.35. The number of esters is 1. The summed E-state index contributed by atoms with van der Waals surface area (Å²) in [5.74, 6) is 1.23. The minimum absolute atomic E-state index is 0.0822. The van der Waals surface area contributed by atoms with Gasteiger partial charge in [-0.25, -0.2) is 4.98 Å². The van der Waals surface area contributed by atoms with Gasteiger partial charge in [-0.3, -0.25) is 9.59 Å². The van der Waals surface area contributed by atoms with Gasteiger partial charge < -0.3 is 15.4 Å². The number of rotatable bonds is 7. The molecule has 0 radical (unpaired) electrons. The molecule has 5 rings (SSSR count). The highest BCUT2D eigenvalue weighted by molar-refractivity contribution is 8.01. The van der Waals surface area contributed by atoms with Crippen LogP contribution in [0.5, 0.6) is 0 Å². The van der Waals surface area contributed by atoms with Crippen molar-refractivity contribution >= 4 is 46.9 Å². The molecule has 176 valence electrons. The van der Waals surface area contributed by atoms with E-state index in [1.165, 1.54) is 23.3 Å². The van der Waals surface area contributed by atoms with Gasteiger partial charge in [0, 0.05) is 18.1 Å². The zero-order valence-corrected chi connectivity index (χ0v) is 20.9. The summed E-state index contributed by atoms with van der Waals surface area (Å²) in [5.41, 5.74) is 6.90. The highest BCUT2D eigenvalue weighted by Gasteiger charge is 2.56. The Hall–Kier alpha value is -2.40. The second kappa shape index (κ2) is 9.69. The van der Waals surface area contributed by atoms with Gasteiger partial charge in [-0.2, -0.15) is 4.37 Å². The van der Waals surface area contributed by atoms with Crippen LogP contribution in [0.25, 0.3) is 0 Å². The van der Waals surface area contributed by atoms with Crippen LogP contribution in [-0.2, 0) is 14.3 Å². The number of ether oxygens (including phenoxy) is 1. The molecule has 7 nitrogen and oxygen atoms in total. The Kier molecular flexibility index (Phi) is 6.65. The summed E-state index contributed by atoms with van der Waals surface area (Å²) in [7, 11) is 0. The third-order valence-corrected chi connectivity index (χ3v) is 9.85. The van der Waals surface area contributed by atoms with Crippen molar-refractivity contribution in [3.8, 4) is 0 Å². The van der Waals surface area contributed by atoms with Gasteiger partial charge in [-0.15, -0.1) is 11.8 Å². The third-order valence-electron chi connectivity index (χ3n) is 6.03. The number of β-lactam (4-membered cyclic amide) rings is 1. The molecule has 10 heteroatoms. The first-order valence-corrected chi connectivity index (χ1v) is 13.7. The number of amides is 1. The van der Waals surface area contributed by atoms with Gasteiger partial charge in [0.05, 0.1) is 0 Å². The Labute approximate surface area is 210 Å². The summed E-state index contributed by atoms with van der Waals surface area (Å²) in [6.07, 6.45) is -0.544. The van der Waals surface area contributed by atoms with E-state index in [2.05, 4.69) is 9.36 Å². The number of aryl methyl sites for hydroxylation is 1. The molecule has 2 aliphatic rings. The first-order valence-electron chi connectivity index (χ1n) is 10.9. The molecule has 1 aromatic heterocycles. The van der Waals surface area contributed by atoms with Crippen molar-refractivity contribution in [1.29, 1.82) is 0 Å². The molecule has 1 amide bonds. The highest BCUT2D eigenvalue weighted by Crippen LogP contribution is 2.45. The van der Waals surface area contributed by atoms with Crippen molar-refractivity contribution in [3.63, 3.8) is 0 Å². The molecule has 2 unspecified atom stereocenters. The molecule has 3 aromatic rings. The lowest BCUT2D eigenvalue weighted by Gasteiger charge is -2.53. The maximum absolute atomic E-state index is 13.9. The Morgan fingerprint density at radius 1 is 1.21 bits per heavy atom. The van der Waals surface area contributed by atoms with Crippen LogP contribution in [0.3, 0.4) is 0 Å². The van der Waals surface area contributed by atoms with Gasteiger partial charge in [0.2, 0.25) is 5.91 Å².